The highest BCUT2D eigenvalue weighted by Crippen LogP contribution is 2.51. The van der Waals surface area contributed by atoms with E-state index in [0.29, 0.717) is 29.6 Å². The normalized spacial score (nSPS) is 26.4. The van der Waals surface area contributed by atoms with E-state index in [1.807, 2.05) is 6.07 Å². The minimum atomic E-state index is -0.707. The molecule has 6 rings (SSSR count). The van der Waals surface area contributed by atoms with E-state index in [1.54, 1.807) is 16.2 Å². The molecule has 1 aliphatic heterocycles. The molecule has 12 heteroatoms. The van der Waals surface area contributed by atoms with Crippen LogP contribution >= 0.6 is 22.7 Å². The van der Waals surface area contributed by atoms with E-state index in [2.05, 4.69) is 43.5 Å². The van der Waals surface area contributed by atoms with Crippen molar-refractivity contribution in [1.82, 2.24) is 30.8 Å². The van der Waals surface area contributed by atoms with Crippen molar-refractivity contribution in [2.24, 2.45) is 11.7 Å². The number of aromatic amines is 1. The molecule has 1 unspecified atom stereocenters. The summed E-state index contributed by atoms with van der Waals surface area (Å²) >= 11 is 3.04. The molecule has 0 radical (unpaired) electrons. The summed E-state index contributed by atoms with van der Waals surface area (Å²) in [5.74, 6) is 0.558. The van der Waals surface area contributed by atoms with Gasteiger partial charge < -0.3 is 16.0 Å². The van der Waals surface area contributed by atoms with Crippen molar-refractivity contribution >= 4 is 34.5 Å². The number of rotatable bonds is 7. The molecule has 3 aromatic heterocycles. The maximum atomic E-state index is 12.9. The number of nitrogens with two attached hydrogens (primary N) is 1. The lowest BCUT2D eigenvalue weighted by atomic mass is 9.78. The molecule has 0 aromatic carbocycles. The number of thiophene rings is 2. The Kier molecular flexibility index (Phi) is 5.43. The first-order chi connectivity index (χ1) is 17.0. The van der Waals surface area contributed by atoms with E-state index < -0.39 is 11.3 Å². The van der Waals surface area contributed by atoms with Crippen LogP contribution < -0.4 is 11.1 Å². The van der Waals surface area contributed by atoms with E-state index >= 15 is 0 Å². The third kappa shape index (κ3) is 3.57. The second-order valence-electron chi connectivity index (χ2n) is 9.42. The predicted octanol–water partition coefficient (Wildman–Crippen LogP) is 1.35. The second kappa shape index (κ2) is 8.51. The van der Waals surface area contributed by atoms with Crippen LogP contribution in [0.3, 0.4) is 0 Å². The van der Waals surface area contributed by atoms with Crippen molar-refractivity contribution < 1.29 is 9.59 Å². The number of tetrazole rings is 1. The average molecular weight is 509 g/mol. The van der Waals surface area contributed by atoms with Gasteiger partial charge in [-0.3, -0.25) is 9.59 Å². The summed E-state index contributed by atoms with van der Waals surface area (Å²) in [6, 6.07) is 6.23. The lowest BCUT2D eigenvalue weighted by Gasteiger charge is -2.30. The van der Waals surface area contributed by atoms with Crippen LogP contribution in [0.15, 0.2) is 17.5 Å². The number of piperidine rings is 1. The molecule has 1 saturated carbocycles. The third-order valence-corrected chi connectivity index (χ3v) is 9.93. The Morgan fingerprint density at radius 3 is 2.94 bits per heavy atom. The lowest BCUT2D eigenvalue weighted by Crippen LogP contribution is -2.43. The zero-order valence-corrected chi connectivity index (χ0v) is 20.5. The minimum Gasteiger partial charge on any atom is -0.365 e. The molecule has 4 atom stereocenters. The monoisotopic (exact) mass is 508 g/mol. The summed E-state index contributed by atoms with van der Waals surface area (Å²) < 4.78 is 0. The first kappa shape index (κ1) is 22.3. The summed E-state index contributed by atoms with van der Waals surface area (Å²) in [5.41, 5.74) is 7.24. The van der Waals surface area contributed by atoms with Gasteiger partial charge in [-0.2, -0.15) is 10.5 Å². The lowest BCUT2D eigenvalue weighted by molar-refractivity contribution is -0.131. The molecule has 180 valence electrons. The highest BCUT2D eigenvalue weighted by atomic mass is 32.1. The molecular weight excluding hydrogens is 484 g/mol. The first-order valence-corrected chi connectivity index (χ1v) is 13.4. The Morgan fingerprint density at radius 2 is 2.17 bits per heavy atom. The van der Waals surface area contributed by atoms with Crippen LogP contribution in [0.4, 0.5) is 0 Å². The van der Waals surface area contributed by atoms with E-state index in [1.165, 1.54) is 16.9 Å². The highest BCUT2D eigenvalue weighted by Gasteiger charge is 2.54. The summed E-state index contributed by atoms with van der Waals surface area (Å²) in [4.78, 5) is 29.4. The number of H-pyrrole nitrogens is 1. The highest BCUT2D eigenvalue weighted by molar-refractivity contribution is 7.15. The molecule has 2 amide bonds. The fourth-order valence-electron chi connectivity index (χ4n) is 5.75. The number of nitriles is 1. The summed E-state index contributed by atoms with van der Waals surface area (Å²) in [5, 5.41) is 30.1. The number of amides is 2. The van der Waals surface area contributed by atoms with Gasteiger partial charge in [0, 0.05) is 15.8 Å². The Labute approximate surface area is 209 Å². The number of carbonyl (C=O) groups is 2. The Balaban J connectivity index is 1.30. The molecule has 0 bridgehead atoms. The van der Waals surface area contributed by atoms with Crippen molar-refractivity contribution in [3.8, 4) is 6.07 Å². The van der Waals surface area contributed by atoms with Gasteiger partial charge in [-0.25, -0.2) is 0 Å². The molecule has 2 aliphatic carbocycles. The Hall–Kier alpha value is -3.14. The topological polar surface area (TPSA) is 154 Å². The third-order valence-electron chi connectivity index (χ3n) is 7.46. The SMILES string of the molecule is N#C[C@@H]1C[C@@H]2C[C@@H]2N1C(=O)CNCCC1(c2nn[nH]n2)c2sccc2CCc2cc(C(N)=O)sc21. The van der Waals surface area contributed by atoms with Crippen LogP contribution in [0.1, 0.15) is 55.6 Å². The number of nitrogens with zero attached hydrogens (tertiary/aromatic N) is 5. The van der Waals surface area contributed by atoms with Crippen molar-refractivity contribution in [2.75, 3.05) is 13.1 Å². The van der Waals surface area contributed by atoms with Gasteiger partial charge >= 0.3 is 0 Å². The van der Waals surface area contributed by atoms with Gasteiger partial charge in [0.05, 0.1) is 17.5 Å². The van der Waals surface area contributed by atoms with Gasteiger partial charge in [-0.15, -0.1) is 32.9 Å². The van der Waals surface area contributed by atoms with Gasteiger partial charge in [-0.1, -0.05) is 5.21 Å². The van der Waals surface area contributed by atoms with Gasteiger partial charge in [0.15, 0.2) is 5.82 Å². The van der Waals surface area contributed by atoms with E-state index in [4.69, 9.17) is 5.73 Å². The van der Waals surface area contributed by atoms with Crippen LogP contribution in [-0.2, 0) is 23.1 Å². The molecule has 4 N–H and O–H groups in total. The molecule has 4 heterocycles. The Morgan fingerprint density at radius 1 is 1.31 bits per heavy atom. The smallest absolute Gasteiger partial charge is 0.258 e. The number of likely N-dealkylation sites (tertiary alicyclic amines) is 1. The van der Waals surface area contributed by atoms with E-state index in [-0.39, 0.29) is 24.5 Å². The van der Waals surface area contributed by atoms with Gasteiger partial charge in [0.1, 0.15) is 11.5 Å². The minimum absolute atomic E-state index is 0.0272. The van der Waals surface area contributed by atoms with Crippen molar-refractivity contribution in [3.63, 3.8) is 0 Å². The zero-order chi connectivity index (χ0) is 24.2. The second-order valence-corrected chi connectivity index (χ2v) is 11.4. The van der Waals surface area contributed by atoms with E-state index in [9.17, 15) is 14.9 Å². The fraction of sp³-hybridized carbons (Fsp3) is 0.478. The summed E-state index contributed by atoms with van der Waals surface area (Å²) in [7, 11) is 0. The van der Waals surface area contributed by atoms with Crippen LogP contribution in [0.2, 0.25) is 0 Å². The molecule has 35 heavy (non-hydrogen) atoms. The zero-order valence-electron chi connectivity index (χ0n) is 18.9. The number of aryl methyl sites for hydroxylation is 2. The van der Waals surface area contributed by atoms with Gasteiger partial charge in [0.2, 0.25) is 5.91 Å². The van der Waals surface area contributed by atoms with Gasteiger partial charge in [-0.05, 0) is 73.2 Å². The van der Waals surface area contributed by atoms with Crippen LogP contribution in [0, 0.1) is 17.2 Å². The van der Waals surface area contributed by atoms with Crippen LogP contribution in [0.25, 0.3) is 0 Å². The number of hydrogen-bond donors (Lipinski definition) is 3. The first-order valence-electron chi connectivity index (χ1n) is 11.7. The number of fused-ring (bicyclic) bond motifs is 3. The molecule has 0 spiro atoms. The number of primary amides is 1. The number of nitrogens with one attached hydrogen (secondary N) is 2. The standard InChI is InChI=1S/C23H24N8O2S2/c24-10-15-7-14-8-16(14)31(15)18(32)11-26-5-4-23(22-27-29-30-28-22)19-12(3-6-34-19)1-2-13-9-17(21(25)33)35-20(13)23/h3,6,9,14-16,26H,1-2,4-5,7-8,11H2,(H2,25,33)(H,27,28,29,30)/t14-,15+,16+,23?/m1/s1. The average Bonchev–Trinajstić information content (AvgIpc) is 3.38. The Bertz CT molecular complexity index is 1330. The largest absolute Gasteiger partial charge is 0.365 e. The molecule has 1 saturated heterocycles. The van der Waals surface area contributed by atoms with Gasteiger partial charge in [0.25, 0.3) is 5.91 Å². The summed E-state index contributed by atoms with van der Waals surface area (Å²) in [6.45, 7) is 0.685. The van der Waals surface area contributed by atoms with Crippen LogP contribution in [-0.4, -0.2) is 62.5 Å². The van der Waals surface area contributed by atoms with Crippen LogP contribution in [0.5, 0.6) is 0 Å². The molecule has 10 nitrogen and oxygen atoms in total. The van der Waals surface area contributed by atoms with Crippen molar-refractivity contribution in [3.05, 3.63) is 49.1 Å². The van der Waals surface area contributed by atoms with Crippen molar-refractivity contribution in [2.45, 2.75) is 49.6 Å². The molecule has 3 aliphatic rings. The number of hydrogen-bond acceptors (Lipinski definition) is 9. The fourth-order valence-corrected chi connectivity index (χ4v) is 8.29. The quantitative estimate of drug-likeness (QED) is 0.407. The maximum Gasteiger partial charge on any atom is 0.258 e. The molecule has 3 aromatic rings. The summed E-state index contributed by atoms with van der Waals surface area (Å²) in [6.07, 6.45) is 4.02. The predicted molar refractivity (Wildman–Crippen MR) is 129 cm³/mol. The number of aromatic nitrogens is 4. The molecular formula is C23H24N8O2S2. The van der Waals surface area contributed by atoms with Crippen molar-refractivity contribution in [1.29, 1.82) is 5.26 Å². The molecule has 2 fully saturated rings. The number of carbonyl (C=O) groups excluding carboxylic acids is 2. The maximum absolute atomic E-state index is 12.9. The van der Waals surface area contributed by atoms with E-state index in [0.717, 1.165) is 41.0 Å².